The van der Waals surface area contributed by atoms with Crippen molar-refractivity contribution in [2.75, 3.05) is 41.0 Å². The lowest BCUT2D eigenvalue weighted by molar-refractivity contribution is -0.142. The number of hydrogen-bond acceptors (Lipinski definition) is 9. The highest BCUT2D eigenvalue weighted by Crippen LogP contribution is 2.42. The van der Waals surface area contributed by atoms with E-state index in [9.17, 15) is 9.90 Å². The summed E-state index contributed by atoms with van der Waals surface area (Å²) < 4.78 is 22.0. The topological polar surface area (TPSA) is 119 Å². The second-order valence-electron chi connectivity index (χ2n) is 10.2. The summed E-state index contributed by atoms with van der Waals surface area (Å²) in [4.78, 5) is 10.8. The summed E-state index contributed by atoms with van der Waals surface area (Å²) in [7, 11) is 4.67. The first-order chi connectivity index (χ1) is 19.9. The number of rotatable bonds is 9. The van der Waals surface area contributed by atoms with E-state index in [1.54, 1.807) is 14.2 Å². The number of aliphatic hydroxyl groups excluding tert-OH is 2. The number of benzene rings is 3. The Hall–Kier alpha value is -3.18. The molecule has 42 heavy (non-hydrogen) atoms. The molecule has 9 nitrogen and oxygen atoms in total. The standard InChI is InChI=1S/C26H29NO4.C6H11NO3.ClH/c1-29-24-12-8-20(9-13-24)26(19-6-4-3-5-7-19,21-10-14-25(30-2)15-11-21)31-18-22-16-23(28)17-27-22;1-10-6(9)5-2-4(8)3-7-5;/h3-15,22-23,27-28H,16-18H2,1-2H3;4-5,7-8H,2-3H2,1H3;1H/t22-,23+;4-,5+;/m01./s1. The fourth-order valence-corrected chi connectivity index (χ4v) is 5.26. The summed E-state index contributed by atoms with van der Waals surface area (Å²) in [6.45, 7) is 1.54. The van der Waals surface area contributed by atoms with Crippen LogP contribution in [0.15, 0.2) is 78.9 Å². The molecule has 2 aliphatic rings. The van der Waals surface area contributed by atoms with E-state index < -0.39 is 11.7 Å². The van der Waals surface area contributed by atoms with Gasteiger partial charge in [0.05, 0.1) is 40.1 Å². The minimum absolute atomic E-state index is 0. The highest BCUT2D eigenvalue weighted by atomic mass is 35.5. The predicted octanol–water partition coefficient (Wildman–Crippen LogP) is 3.04. The van der Waals surface area contributed by atoms with Gasteiger partial charge in [-0.25, -0.2) is 0 Å². The molecule has 0 saturated carbocycles. The molecule has 2 aliphatic heterocycles. The zero-order valence-electron chi connectivity index (χ0n) is 24.2. The molecule has 2 fully saturated rings. The Kier molecular flexibility index (Phi) is 12.6. The maximum Gasteiger partial charge on any atom is 0.322 e. The molecule has 0 aromatic heterocycles. The van der Waals surface area contributed by atoms with Gasteiger partial charge in [-0.3, -0.25) is 4.79 Å². The van der Waals surface area contributed by atoms with Crippen molar-refractivity contribution in [3.05, 3.63) is 95.6 Å². The van der Waals surface area contributed by atoms with E-state index in [2.05, 4.69) is 27.5 Å². The number of carbonyl (C=O) groups is 1. The molecule has 3 aromatic rings. The number of aliphatic hydroxyl groups is 2. The van der Waals surface area contributed by atoms with Crippen molar-refractivity contribution in [3.63, 3.8) is 0 Å². The van der Waals surface area contributed by atoms with Crippen LogP contribution in [0.3, 0.4) is 0 Å². The van der Waals surface area contributed by atoms with E-state index in [1.165, 1.54) is 7.11 Å². The van der Waals surface area contributed by atoms with E-state index in [-0.39, 0.29) is 36.6 Å². The van der Waals surface area contributed by atoms with Crippen LogP contribution in [0.25, 0.3) is 0 Å². The fourth-order valence-electron chi connectivity index (χ4n) is 5.26. The quantitative estimate of drug-likeness (QED) is 0.217. The Morgan fingerprint density at radius 2 is 1.26 bits per heavy atom. The Bertz CT molecular complexity index is 1180. The minimum atomic E-state index is -0.824. The van der Waals surface area contributed by atoms with Crippen LogP contribution in [-0.2, 0) is 19.9 Å². The first kappa shape index (κ1) is 33.3. The van der Waals surface area contributed by atoms with Crippen molar-refractivity contribution in [1.29, 1.82) is 0 Å². The minimum Gasteiger partial charge on any atom is -0.497 e. The smallest absolute Gasteiger partial charge is 0.322 e. The predicted molar refractivity (Wildman–Crippen MR) is 162 cm³/mol. The lowest BCUT2D eigenvalue weighted by Gasteiger charge is -2.37. The maximum atomic E-state index is 10.8. The van der Waals surface area contributed by atoms with Gasteiger partial charge in [0.1, 0.15) is 23.1 Å². The largest absolute Gasteiger partial charge is 0.497 e. The van der Waals surface area contributed by atoms with Gasteiger partial charge in [-0.1, -0.05) is 54.6 Å². The molecule has 4 atom stereocenters. The number of halogens is 1. The third kappa shape index (κ3) is 8.01. The summed E-state index contributed by atoms with van der Waals surface area (Å²) in [5.74, 6) is 1.29. The summed E-state index contributed by atoms with van der Waals surface area (Å²) in [5.41, 5.74) is 2.21. The molecule has 0 bridgehead atoms. The third-order valence-corrected chi connectivity index (χ3v) is 7.47. The zero-order chi connectivity index (χ0) is 29.2. The molecule has 228 valence electrons. The first-order valence-corrected chi connectivity index (χ1v) is 13.8. The average Bonchev–Trinajstić information content (AvgIpc) is 3.66. The summed E-state index contributed by atoms with van der Waals surface area (Å²) in [6.07, 6.45) is 0.411. The second-order valence-corrected chi connectivity index (χ2v) is 10.2. The van der Waals surface area contributed by atoms with Gasteiger partial charge in [0.25, 0.3) is 0 Å². The number of methoxy groups -OCH3 is 3. The van der Waals surface area contributed by atoms with Crippen LogP contribution in [-0.4, -0.2) is 81.5 Å². The van der Waals surface area contributed by atoms with Crippen LogP contribution in [0.2, 0.25) is 0 Å². The van der Waals surface area contributed by atoms with E-state index in [0.717, 1.165) is 28.2 Å². The molecule has 0 radical (unpaired) electrons. The number of carbonyl (C=O) groups excluding carboxylic acids is 1. The van der Waals surface area contributed by atoms with Gasteiger partial charge in [-0.2, -0.15) is 0 Å². The van der Waals surface area contributed by atoms with Crippen molar-refractivity contribution in [1.82, 2.24) is 10.6 Å². The van der Waals surface area contributed by atoms with Crippen molar-refractivity contribution < 1.29 is 34.0 Å². The summed E-state index contributed by atoms with van der Waals surface area (Å²) in [5, 5.41) is 25.1. The summed E-state index contributed by atoms with van der Waals surface area (Å²) >= 11 is 0. The van der Waals surface area contributed by atoms with Crippen molar-refractivity contribution in [2.45, 2.75) is 42.7 Å². The molecule has 2 heterocycles. The Labute approximate surface area is 253 Å². The number of nitrogens with one attached hydrogen (secondary N) is 2. The lowest BCUT2D eigenvalue weighted by Crippen LogP contribution is -2.38. The lowest BCUT2D eigenvalue weighted by atomic mass is 9.80. The molecule has 0 unspecified atom stereocenters. The molecule has 3 aromatic carbocycles. The van der Waals surface area contributed by atoms with Gasteiger partial charge in [-0.15, -0.1) is 12.4 Å². The Morgan fingerprint density at radius 1 is 0.762 bits per heavy atom. The maximum absolute atomic E-state index is 10.8. The average molecular weight is 601 g/mol. The third-order valence-electron chi connectivity index (χ3n) is 7.47. The molecular weight excluding hydrogens is 560 g/mol. The number of β-amino-alcohol motifs (C(OH)–C–C–N with tert-alkyl or cyclic N) is 2. The van der Waals surface area contributed by atoms with Gasteiger partial charge in [0.15, 0.2) is 0 Å². The van der Waals surface area contributed by atoms with Gasteiger partial charge in [0, 0.05) is 25.6 Å². The Morgan fingerprint density at radius 3 is 1.69 bits per heavy atom. The summed E-state index contributed by atoms with van der Waals surface area (Å²) in [6, 6.07) is 26.0. The van der Waals surface area contributed by atoms with E-state index >= 15 is 0 Å². The van der Waals surface area contributed by atoms with Gasteiger partial charge in [0.2, 0.25) is 0 Å². The molecule has 2 saturated heterocycles. The number of ether oxygens (including phenoxy) is 4. The molecular formula is C32H41ClN2O7. The van der Waals surface area contributed by atoms with Crippen LogP contribution >= 0.6 is 12.4 Å². The van der Waals surface area contributed by atoms with Crippen molar-refractivity contribution >= 4 is 18.4 Å². The van der Waals surface area contributed by atoms with Crippen LogP contribution in [0.4, 0.5) is 0 Å². The number of hydrogen-bond donors (Lipinski definition) is 4. The van der Waals surface area contributed by atoms with Gasteiger partial charge >= 0.3 is 5.97 Å². The highest BCUT2D eigenvalue weighted by molar-refractivity contribution is 5.85. The molecule has 10 heteroatoms. The number of esters is 1. The SMILES string of the molecule is COC(=O)[C@@H]1C[C@@H](O)CN1.COc1ccc(C(OC[C@@H]2C[C@@H](O)CN2)(c2ccccc2)c2ccc(OC)cc2)cc1.Cl. The van der Waals surface area contributed by atoms with Crippen LogP contribution < -0.4 is 20.1 Å². The van der Waals surface area contributed by atoms with E-state index in [1.807, 2.05) is 66.7 Å². The molecule has 4 N–H and O–H groups in total. The van der Waals surface area contributed by atoms with Gasteiger partial charge in [-0.05, 0) is 47.4 Å². The first-order valence-electron chi connectivity index (χ1n) is 13.8. The molecule has 0 aliphatic carbocycles. The zero-order valence-corrected chi connectivity index (χ0v) is 25.0. The molecule has 0 amide bonds. The normalized spacial score (nSPS) is 21.5. The second kappa shape index (κ2) is 15.9. The van der Waals surface area contributed by atoms with E-state index in [0.29, 0.717) is 32.5 Å². The van der Waals surface area contributed by atoms with Crippen molar-refractivity contribution in [3.8, 4) is 11.5 Å². The van der Waals surface area contributed by atoms with Crippen LogP contribution in [0, 0.1) is 0 Å². The van der Waals surface area contributed by atoms with E-state index in [4.69, 9.17) is 19.3 Å². The monoisotopic (exact) mass is 600 g/mol. The molecule has 5 rings (SSSR count). The fraction of sp³-hybridized carbons (Fsp3) is 0.406. The van der Waals surface area contributed by atoms with Crippen molar-refractivity contribution in [2.24, 2.45) is 0 Å². The molecule has 0 spiro atoms. The van der Waals surface area contributed by atoms with Crippen LogP contribution in [0.5, 0.6) is 11.5 Å². The highest BCUT2D eigenvalue weighted by Gasteiger charge is 2.39. The Balaban J connectivity index is 0.000000374. The van der Waals surface area contributed by atoms with Gasteiger partial charge < -0.3 is 39.8 Å². The van der Waals surface area contributed by atoms with Crippen LogP contribution in [0.1, 0.15) is 29.5 Å².